The van der Waals surface area contributed by atoms with Gasteiger partial charge in [-0.1, -0.05) is 132 Å². The minimum absolute atomic E-state index is 0.0103. The molecule has 0 aliphatic rings. The Hall–Kier alpha value is -10.1. The number of amides is 4. The van der Waals surface area contributed by atoms with Gasteiger partial charge in [-0.25, -0.2) is 19.9 Å². The van der Waals surface area contributed by atoms with Crippen molar-refractivity contribution >= 4 is 145 Å². The van der Waals surface area contributed by atoms with Crippen molar-refractivity contribution in [3.63, 3.8) is 0 Å². The minimum atomic E-state index is -4.56. The third-order valence-corrected chi connectivity index (χ3v) is 17.5. The van der Waals surface area contributed by atoms with E-state index in [4.69, 9.17) is 92.8 Å². The van der Waals surface area contributed by atoms with Crippen LogP contribution in [0.5, 0.6) is 0 Å². The van der Waals surface area contributed by atoms with Crippen LogP contribution in [0.3, 0.4) is 0 Å². The molecule has 4 aromatic carbocycles. The maximum absolute atomic E-state index is 12.8. The van der Waals surface area contributed by atoms with Crippen molar-refractivity contribution in [2.45, 2.75) is 47.2 Å². The highest BCUT2D eigenvalue weighted by molar-refractivity contribution is 6.41. The molecule has 17 nitrogen and oxygen atoms in total. The van der Waals surface area contributed by atoms with E-state index in [9.17, 15) is 32.3 Å². The van der Waals surface area contributed by atoms with Crippen molar-refractivity contribution < 1.29 is 32.3 Å². The Labute approximate surface area is 642 Å². The van der Waals surface area contributed by atoms with Crippen LogP contribution in [0.25, 0.3) is 45.0 Å². The van der Waals surface area contributed by atoms with Gasteiger partial charge in [0.1, 0.15) is 21.8 Å². The summed E-state index contributed by atoms with van der Waals surface area (Å²) in [5.41, 5.74) is 9.76. The zero-order valence-electron chi connectivity index (χ0n) is 56.1. The van der Waals surface area contributed by atoms with Gasteiger partial charge in [0.2, 0.25) is 0 Å². The normalized spacial score (nSPS) is 10.8. The summed E-state index contributed by atoms with van der Waals surface area (Å²) in [6.07, 6.45) is 5.89. The number of carbonyl (C=O) groups excluding carboxylic acids is 4. The molecule has 0 saturated heterocycles. The van der Waals surface area contributed by atoms with Gasteiger partial charge in [-0.05, 0) is 189 Å². The van der Waals surface area contributed by atoms with E-state index in [0.29, 0.717) is 98.4 Å². The number of nitrogens with one attached hydrogen (secondary N) is 5. The molecule has 0 aliphatic carbocycles. The number of nitrogens with zero attached hydrogens (tertiary/aromatic N) is 8. The Morgan fingerprint density at radius 1 is 0.419 bits per heavy atom. The lowest BCUT2D eigenvalue weighted by Gasteiger charge is -2.12. The van der Waals surface area contributed by atoms with E-state index < -0.39 is 17.8 Å². The maximum Gasteiger partial charge on any atom is 0.433 e. The topological polar surface area (TPSA) is 232 Å². The minimum Gasteiger partial charge on any atom is -0.369 e. The van der Waals surface area contributed by atoms with Crippen LogP contribution in [-0.2, 0) is 12.6 Å². The van der Waals surface area contributed by atoms with Crippen LogP contribution in [0.15, 0.2) is 213 Å². The van der Waals surface area contributed by atoms with Gasteiger partial charge >= 0.3 is 6.18 Å². The van der Waals surface area contributed by atoms with E-state index in [1.165, 1.54) is 25.4 Å². The number of hydrogen-bond acceptors (Lipinski definition) is 13. The van der Waals surface area contributed by atoms with Gasteiger partial charge in [-0.15, -0.1) is 0 Å². The summed E-state index contributed by atoms with van der Waals surface area (Å²) in [6.45, 7) is 10.1. The summed E-state index contributed by atoms with van der Waals surface area (Å²) < 4.78 is 38.3. The highest BCUT2D eigenvalue weighted by Gasteiger charge is 2.33. The molecule has 4 amide bonds. The van der Waals surface area contributed by atoms with Gasteiger partial charge in [0.05, 0.1) is 86.6 Å². The highest BCUT2D eigenvalue weighted by Crippen LogP contribution is 2.35. The second kappa shape index (κ2) is 37.0. The summed E-state index contributed by atoms with van der Waals surface area (Å²) in [5.74, 6) is -0.456. The molecule has 8 heterocycles. The number of carbonyl (C=O) groups is 4. The molecule has 12 rings (SSSR count). The number of hydrogen-bond donors (Lipinski definition) is 5. The molecule has 12 aromatic rings. The van der Waals surface area contributed by atoms with Gasteiger partial charge < -0.3 is 26.6 Å². The second-order valence-corrected chi connectivity index (χ2v) is 26.3. The molecule has 0 bridgehead atoms. The molecule has 0 atom stereocenters. The Kier molecular flexibility index (Phi) is 27.9. The third-order valence-electron chi connectivity index (χ3n) is 15.0. The van der Waals surface area contributed by atoms with Gasteiger partial charge in [0.25, 0.3) is 23.6 Å². The molecule has 5 N–H and O–H groups in total. The smallest absolute Gasteiger partial charge is 0.369 e. The number of aromatic nitrogens is 8. The van der Waals surface area contributed by atoms with Crippen LogP contribution in [0.2, 0.25) is 40.4 Å². The highest BCUT2D eigenvalue weighted by atomic mass is 35.5. The number of pyridine rings is 8. The van der Waals surface area contributed by atoms with Crippen molar-refractivity contribution in [2.24, 2.45) is 5.92 Å². The summed E-state index contributed by atoms with van der Waals surface area (Å²) in [6, 6.07) is 49.3. The molecule has 0 unspecified atom stereocenters. The molecule has 534 valence electrons. The Morgan fingerprint density at radius 2 is 0.829 bits per heavy atom. The Morgan fingerprint density at radius 3 is 1.22 bits per heavy atom. The molecular weight excluding hydrogens is 1510 g/mol. The zero-order valence-corrected chi connectivity index (χ0v) is 62.1. The molecule has 0 fully saturated rings. The van der Waals surface area contributed by atoms with Crippen molar-refractivity contribution in [2.75, 3.05) is 33.1 Å². The maximum atomic E-state index is 12.8. The molecule has 28 heteroatoms. The fourth-order valence-electron chi connectivity index (χ4n) is 9.68. The number of anilines is 5. The number of rotatable bonds is 16. The third kappa shape index (κ3) is 22.2. The van der Waals surface area contributed by atoms with Gasteiger partial charge in [0, 0.05) is 88.7 Å². The molecule has 8 aromatic heterocycles. The predicted molar refractivity (Wildman–Crippen MR) is 415 cm³/mol. The SMILES string of the molecule is CC(C)CNc1ncc(C(=O)Nc2ccc(Cl)c(-c3ccccn3)c2)cc1Cl.CCc1ccnc(-c2cc(NC(=O)c3ccc(C(F)(F)F)nc3C)ccc2Cl)c1.Cc1nc(Cl)ccc1C(=O)Nc1ccc(Cl)c(-c2ccccn2)c1.O=C(Nc1ccc(Cl)c(-c2ccccn2)c1)c1cnc(Cl)c(Cl)c1. The van der Waals surface area contributed by atoms with Crippen molar-refractivity contribution in [1.82, 2.24) is 39.9 Å². The largest absolute Gasteiger partial charge is 0.433 e. The Balaban J connectivity index is 0.000000163. The van der Waals surface area contributed by atoms with Gasteiger partial charge in [0.15, 0.2) is 0 Å². The fourth-order valence-corrected chi connectivity index (χ4v) is 11.2. The number of aryl methyl sites for hydroxylation is 3. The van der Waals surface area contributed by atoms with Crippen LogP contribution in [-0.4, -0.2) is 70.0 Å². The van der Waals surface area contributed by atoms with E-state index in [1.807, 2.05) is 73.7 Å². The monoisotopic (exact) mass is 1570 g/mol. The predicted octanol–water partition coefficient (Wildman–Crippen LogP) is 22.1. The summed E-state index contributed by atoms with van der Waals surface area (Å²) >= 11 is 48.8. The van der Waals surface area contributed by atoms with Crippen LogP contribution in [0.1, 0.15) is 84.8 Å². The first-order valence-corrected chi connectivity index (χ1v) is 34.8. The first-order valence-electron chi connectivity index (χ1n) is 31.7. The van der Waals surface area contributed by atoms with Gasteiger partial charge in [-0.3, -0.25) is 39.1 Å². The summed E-state index contributed by atoms with van der Waals surface area (Å²) in [7, 11) is 0. The molecule has 0 saturated carbocycles. The standard InChI is InChI=1S/C21H20Cl2N4O.C21H17ClF3N3O.C18H13Cl2N3O.C17H10Cl3N3O/c1-13(2)11-25-20-18(23)9-14(12-26-20)21(28)27-15-6-7-17(22)16(10-15)19-5-3-4-8-24-19;1-3-13-8-9-26-18(10-13)16-11-14(4-6-17(16)22)28-20(29)15-5-7-19(21(23,24)25)27-12(15)2;1-11-13(6-8-17(20)22-11)18(24)23-12-5-7-15(19)14(10-12)16-4-2-3-9-21-16;18-13-5-4-11(8-12(13)15-3-1-2-6-21-15)23-17(24)10-7-14(19)16(20)22-9-10/h3-10,12-13H,11H2,1-2H3,(H,25,26)(H,27,28);4-11H,3H2,1-2H3,(H,28,29);2-10H,1H3,(H,23,24);1-9H,(H,23,24). The molecule has 0 spiro atoms. The number of halogens is 11. The summed E-state index contributed by atoms with van der Waals surface area (Å²) in [4.78, 5) is 82.8. The second-order valence-electron chi connectivity index (χ2n) is 23.1. The average Bonchev–Trinajstić information content (AvgIpc) is 0.840. The van der Waals surface area contributed by atoms with Crippen LogP contribution >= 0.6 is 92.8 Å². The van der Waals surface area contributed by atoms with E-state index in [-0.39, 0.29) is 39.2 Å². The first-order chi connectivity index (χ1) is 50.2. The van der Waals surface area contributed by atoms with Crippen LogP contribution in [0, 0.1) is 19.8 Å². The van der Waals surface area contributed by atoms with Crippen molar-refractivity contribution in [1.29, 1.82) is 0 Å². The molecule has 105 heavy (non-hydrogen) atoms. The number of benzene rings is 4. The quantitative estimate of drug-likeness (QED) is 0.0568. The lowest BCUT2D eigenvalue weighted by Crippen LogP contribution is -2.16. The van der Waals surface area contributed by atoms with E-state index >= 15 is 0 Å². The molecular formula is C77H60Cl8F3N13O4. The van der Waals surface area contributed by atoms with Gasteiger partial charge in [-0.2, -0.15) is 13.2 Å². The van der Waals surface area contributed by atoms with E-state index in [1.54, 1.807) is 123 Å². The van der Waals surface area contributed by atoms with Crippen molar-refractivity contribution in [3.05, 3.63) is 298 Å². The van der Waals surface area contributed by atoms with Crippen LogP contribution < -0.4 is 26.6 Å². The van der Waals surface area contributed by atoms with E-state index in [0.717, 1.165) is 64.4 Å². The number of alkyl halides is 3. The van der Waals surface area contributed by atoms with Crippen LogP contribution in [0.4, 0.5) is 41.7 Å². The lowest BCUT2D eigenvalue weighted by molar-refractivity contribution is -0.141. The Bertz CT molecular complexity index is 5110. The molecule has 0 radical (unpaired) electrons. The first kappa shape index (κ1) is 79.0. The average molecular weight is 1570 g/mol. The van der Waals surface area contributed by atoms with Crippen molar-refractivity contribution in [3.8, 4) is 45.0 Å². The fraction of sp³-hybridized carbons (Fsp3) is 0.117. The molecule has 0 aliphatic heterocycles. The zero-order chi connectivity index (χ0) is 75.5. The summed E-state index contributed by atoms with van der Waals surface area (Å²) in [5, 5.41) is 17.6. The van der Waals surface area contributed by atoms with E-state index in [2.05, 4.69) is 80.3 Å². The lowest BCUT2D eigenvalue weighted by atomic mass is 10.1.